The minimum atomic E-state index is -0.145. The average Bonchev–Trinajstić information content (AvgIpc) is 3.32. The molecule has 2 aromatic heterocycles. The van der Waals surface area contributed by atoms with Crippen LogP contribution in [-0.2, 0) is 11.3 Å². The zero-order valence-electron chi connectivity index (χ0n) is 16.7. The molecule has 0 saturated carbocycles. The van der Waals surface area contributed by atoms with Crippen molar-refractivity contribution in [3.63, 3.8) is 0 Å². The van der Waals surface area contributed by atoms with Gasteiger partial charge in [0.25, 0.3) is 5.91 Å². The molecule has 0 radical (unpaired) electrons. The van der Waals surface area contributed by atoms with Crippen LogP contribution in [0.5, 0.6) is 5.88 Å². The molecule has 2 fully saturated rings. The lowest BCUT2D eigenvalue weighted by molar-refractivity contribution is 0.0490. The second-order valence-electron chi connectivity index (χ2n) is 7.65. The minimum absolute atomic E-state index is 0.145. The summed E-state index contributed by atoms with van der Waals surface area (Å²) in [7, 11) is 0. The topological polar surface area (TPSA) is 76.6 Å². The van der Waals surface area contributed by atoms with Crippen LogP contribution in [0.25, 0.3) is 0 Å². The number of nitrogens with zero attached hydrogens (tertiary/aromatic N) is 3. The number of pyridine rings is 2. The van der Waals surface area contributed by atoms with Gasteiger partial charge in [0.2, 0.25) is 5.88 Å². The van der Waals surface area contributed by atoms with Gasteiger partial charge in [0.1, 0.15) is 5.82 Å². The first-order chi connectivity index (χ1) is 14.3. The number of aromatic nitrogens is 2. The molecule has 7 nitrogen and oxygen atoms in total. The number of amides is 1. The Hall–Kier alpha value is -2.67. The fourth-order valence-electron chi connectivity index (χ4n) is 3.69. The van der Waals surface area contributed by atoms with E-state index in [0.717, 1.165) is 50.5 Å². The molecule has 2 aliphatic rings. The van der Waals surface area contributed by atoms with E-state index in [1.165, 1.54) is 12.8 Å². The Morgan fingerprint density at radius 3 is 2.76 bits per heavy atom. The highest BCUT2D eigenvalue weighted by molar-refractivity contribution is 5.93. The largest absolute Gasteiger partial charge is 0.477 e. The summed E-state index contributed by atoms with van der Waals surface area (Å²) in [4.78, 5) is 23.5. The van der Waals surface area contributed by atoms with Crippen LogP contribution in [0.4, 0.5) is 5.82 Å². The quantitative estimate of drug-likeness (QED) is 0.776. The van der Waals surface area contributed by atoms with Crippen molar-refractivity contribution in [2.45, 2.75) is 32.2 Å². The molecule has 0 aliphatic carbocycles. The third kappa shape index (κ3) is 5.44. The van der Waals surface area contributed by atoms with Gasteiger partial charge >= 0.3 is 0 Å². The van der Waals surface area contributed by atoms with Crippen molar-refractivity contribution in [3.05, 3.63) is 47.8 Å². The van der Waals surface area contributed by atoms with Crippen molar-refractivity contribution in [1.82, 2.24) is 15.3 Å². The summed E-state index contributed by atoms with van der Waals surface area (Å²) in [6.45, 7) is 4.82. The van der Waals surface area contributed by atoms with Crippen molar-refractivity contribution in [3.8, 4) is 5.88 Å². The molecule has 0 aromatic carbocycles. The van der Waals surface area contributed by atoms with E-state index in [1.54, 1.807) is 24.5 Å². The molecular weight excluding hydrogens is 368 g/mol. The first kappa shape index (κ1) is 19.6. The highest BCUT2D eigenvalue weighted by Crippen LogP contribution is 2.19. The summed E-state index contributed by atoms with van der Waals surface area (Å²) in [6, 6.07) is 7.50. The fourth-order valence-corrected chi connectivity index (χ4v) is 3.69. The van der Waals surface area contributed by atoms with Gasteiger partial charge in [-0.25, -0.2) is 9.97 Å². The van der Waals surface area contributed by atoms with Gasteiger partial charge in [0.15, 0.2) is 0 Å². The monoisotopic (exact) mass is 396 g/mol. The first-order valence-electron chi connectivity index (χ1n) is 10.4. The standard InChI is InChI=1S/C22H28N4O3/c27-22(25-14-18-5-8-23-20(13-18)26-9-1-2-10-26)19-3-4-21(24-15-19)29-16-17-6-11-28-12-7-17/h3-5,8,13,15,17H,1-2,6-7,9-12,14,16H2,(H,25,27). The molecule has 154 valence electrons. The van der Waals surface area contributed by atoms with Crippen LogP contribution in [0.1, 0.15) is 41.6 Å². The van der Waals surface area contributed by atoms with Gasteiger partial charge in [0.05, 0.1) is 12.2 Å². The second-order valence-corrected chi connectivity index (χ2v) is 7.65. The Balaban J connectivity index is 1.26. The van der Waals surface area contributed by atoms with E-state index in [9.17, 15) is 4.79 Å². The molecule has 0 unspecified atom stereocenters. The molecule has 2 saturated heterocycles. The molecule has 2 aliphatic heterocycles. The zero-order valence-corrected chi connectivity index (χ0v) is 16.7. The number of anilines is 1. The minimum Gasteiger partial charge on any atom is -0.477 e. The molecule has 1 amide bonds. The lowest BCUT2D eigenvalue weighted by Gasteiger charge is -2.21. The normalized spacial score (nSPS) is 17.3. The van der Waals surface area contributed by atoms with Crippen LogP contribution in [-0.4, -0.2) is 48.8 Å². The highest BCUT2D eigenvalue weighted by Gasteiger charge is 2.16. The number of hydrogen-bond acceptors (Lipinski definition) is 6. The smallest absolute Gasteiger partial charge is 0.253 e. The van der Waals surface area contributed by atoms with E-state index in [0.29, 0.717) is 30.5 Å². The Morgan fingerprint density at radius 2 is 2.00 bits per heavy atom. The summed E-state index contributed by atoms with van der Waals surface area (Å²) >= 11 is 0. The fraction of sp³-hybridized carbons (Fsp3) is 0.500. The second kappa shape index (κ2) is 9.69. The predicted molar refractivity (Wildman–Crippen MR) is 110 cm³/mol. The van der Waals surface area contributed by atoms with Gasteiger partial charge in [-0.2, -0.15) is 0 Å². The van der Waals surface area contributed by atoms with Gasteiger partial charge in [-0.05, 0) is 55.4 Å². The molecule has 1 N–H and O–H groups in total. The van der Waals surface area contributed by atoms with E-state index < -0.39 is 0 Å². The molecule has 0 atom stereocenters. The number of ether oxygens (including phenoxy) is 2. The first-order valence-corrected chi connectivity index (χ1v) is 10.4. The van der Waals surface area contributed by atoms with Gasteiger partial charge in [-0.3, -0.25) is 4.79 Å². The van der Waals surface area contributed by atoms with Crippen molar-refractivity contribution in [2.75, 3.05) is 37.8 Å². The van der Waals surface area contributed by atoms with Crippen LogP contribution in [0.3, 0.4) is 0 Å². The van der Waals surface area contributed by atoms with Crippen molar-refractivity contribution < 1.29 is 14.3 Å². The van der Waals surface area contributed by atoms with E-state index in [4.69, 9.17) is 9.47 Å². The van der Waals surface area contributed by atoms with Crippen LogP contribution in [0.2, 0.25) is 0 Å². The number of rotatable bonds is 7. The number of nitrogens with one attached hydrogen (secondary N) is 1. The molecular formula is C22H28N4O3. The highest BCUT2D eigenvalue weighted by atomic mass is 16.5. The van der Waals surface area contributed by atoms with E-state index >= 15 is 0 Å². The van der Waals surface area contributed by atoms with Gasteiger partial charge in [0, 0.05) is 51.3 Å². The average molecular weight is 396 g/mol. The number of hydrogen-bond donors (Lipinski definition) is 1. The lowest BCUT2D eigenvalue weighted by atomic mass is 10.0. The van der Waals surface area contributed by atoms with Gasteiger partial charge in [-0.1, -0.05) is 0 Å². The molecule has 7 heteroatoms. The third-order valence-corrected chi connectivity index (χ3v) is 5.50. The molecule has 0 bridgehead atoms. The van der Waals surface area contributed by atoms with E-state index in [-0.39, 0.29) is 5.91 Å². The third-order valence-electron chi connectivity index (χ3n) is 5.50. The lowest BCUT2D eigenvalue weighted by Crippen LogP contribution is -2.24. The predicted octanol–water partition coefficient (Wildman–Crippen LogP) is 2.81. The molecule has 4 heterocycles. The maximum atomic E-state index is 12.4. The summed E-state index contributed by atoms with van der Waals surface area (Å²) in [5, 5.41) is 2.96. The molecule has 2 aromatic rings. The summed E-state index contributed by atoms with van der Waals surface area (Å²) in [5.74, 6) is 1.91. The van der Waals surface area contributed by atoms with E-state index in [1.807, 2.05) is 6.07 Å². The molecule has 0 spiro atoms. The SMILES string of the molecule is O=C(NCc1ccnc(N2CCCC2)c1)c1ccc(OCC2CCOCC2)nc1. The summed E-state index contributed by atoms with van der Waals surface area (Å²) in [5.41, 5.74) is 1.57. The van der Waals surface area contributed by atoms with Crippen molar-refractivity contribution >= 4 is 11.7 Å². The maximum absolute atomic E-state index is 12.4. The van der Waals surface area contributed by atoms with Crippen LogP contribution in [0, 0.1) is 5.92 Å². The summed E-state index contributed by atoms with van der Waals surface area (Å²) < 4.78 is 11.1. The Bertz CT molecular complexity index is 800. The summed E-state index contributed by atoms with van der Waals surface area (Å²) in [6.07, 6.45) is 7.84. The Labute approximate surface area is 171 Å². The number of carbonyl (C=O) groups is 1. The number of carbonyl (C=O) groups excluding carboxylic acids is 1. The van der Waals surface area contributed by atoms with Crippen molar-refractivity contribution in [1.29, 1.82) is 0 Å². The van der Waals surface area contributed by atoms with Crippen LogP contribution < -0.4 is 15.0 Å². The maximum Gasteiger partial charge on any atom is 0.253 e. The van der Waals surface area contributed by atoms with Crippen LogP contribution in [0.15, 0.2) is 36.7 Å². The van der Waals surface area contributed by atoms with Crippen LogP contribution >= 0.6 is 0 Å². The van der Waals surface area contributed by atoms with Gasteiger partial charge in [-0.15, -0.1) is 0 Å². The van der Waals surface area contributed by atoms with E-state index in [2.05, 4.69) is 26.3 Å². The zero-order chi connectivity index (χ0) is 19.9. The molecule has 29 heavy (non-hydrogen) atoms. The Kier molecular flexibility index (Phi) is 6.56. The van der Waals surface area contributed by atoms with Gasteiger partial charge < -0.3 is 19.7 Å². The Morgan fingerprint density at radius 1 is 1.17 bits per heavy atom. The molecule has 4 rings (SSSR count). The van der Waals surface area contributed by atoms with Crippen molar-refractivity contribution in [2.24, 2.45) is 5.92 Å².